The third-order valence-electron chi connectivity index (χ3n) is 3.39. The number of hydrogen-bond donors (Lipinski definition) is 0. The molecule has 0 saturated heterocycles. The van der Waals surface area contributed by atoms with Crippen molar-refractivity contribution < 1.29 is 23.5 Å². The van der Waals surface area contributed by atoms with Gasteiger partial charge in [-0.15, -0.1) is 0 Å². The van der Waals surface area contributed by atoms with Gasteiger partial charge in [-0.25, -0.2) is 4.39 Å². The fourth-order valence-corrected chi connectivity index (χ4v) is 2.15. The number of ether oxygens (including phenoxy) is 2. The average molecular weight is 296 g/mol. The molecule has 0 aliphatic carbocycles. The van der Waals surface area contributed by atoms with Crippen LogP contribution in [0.1, 0.15) is 32.8 Å². The Morgan fingerprint density at radius 3 is 2.00 bits per heavy atom. The van der Waals surface area contributed by atoms with Crippen molar-refractivity contribution in [3.8, 4) is 0 Å². The number of halogens is 1. The zero-order valence-corrected chi connectivity index (χ0v) is 12.6. The third-order valence-corrected chi connectivity index (χ3v) is 3.39. The van der Waals surface area contributed by atoms with Crippen molar-refractivity contribution in [1.82, 2.24) is 0 Å². The summed E-state index contributed by atoms with van der Waals surface area (Å²) >= 11 is 0. The summed E-state index contributed by atoms with van der Waals surface area (Å²) in [6.07, 6.45) is 0.104. The van der Waals surface area contributed by atoms with Gasteiger partial charge in [-0.1, -0.05) is 25.1 Å². The molecule has 4 nitrogen and oxygen atoms in total. The van der Waals surface area contributed by atoms with Crippen LogP contribution in [0.5, 0.6) is 0 Å². The van der Waals surface area contributed by atoms with Crippen LogP contribution in [0.4, 0.5) is 4.39 Å². The molecule has 1 aromatic carbocycles. The maximum Gasteiger partial charge on any atom is 0.323 e. The molecular weight excluding hydrogens is 275 g/mol. The van der Waals surface area contributed by atoms with E-state index in [1.165, 1.54) is 6.07 Å². The fraction of sp³-hybridized carbons (Fsp3) is 0.500. The summed E-state index contributed by atoms with van der Waals surface area (Å²) in [5.41, 5.74) is -1.21. The van der Waals surface area contributed by atoms with Crippen molar-refractivity contribution in [1.29, 1.82) is 0 Å². The highest BCUT2D eigenvalue weighted by Crippen LogP contribution is 2.31. The molecule has 0 unspecified atom stereocenters. The molecule has 0 heterocycles. The Labute approximate surface area is 124 Å². The lowest BCUT2D eigenvalue weighted by Crippen LogP contribution is -2.43. The fourth-order valence-electron chi connectivity index (χ4n) is 2.15. The molecule has 116 valence electrons. The lowest BCUT2D eigenvalue weighted by atomic mass is 9.79. The summed E-state index contributed by atoms with van der Waals surface area (Å²) in [6.45, 7) is 5.31. The predicted octanol–water partition coefficient (Wildman–Crippen LogP) is 2.89. The highest BCUT2D eigenvalue weighted by Gasteiger charge is 2.47. The molecule has 0 aliphatic rings. The van der Waals surface area contributed by atoms with Crippen LogP contribution in [0.15, 0.2) is 24.3 Å². The Bertz CT molecular complexity index is 481. The van der Waals surface area contributed by atoms with Crippen LogP contribution in [0.25, 0.3) is 0 Å². The Balaban J connectivity index is 3.20. The molecule has 0 aliphatic heterocycles. The minimum absolute atomic E-state index is 0.0756. The van der Waals surface area contributed by atoms with Crippen molar-refractivity contribution in [2.45, 2.75) is 33.6 Å². The zero-order chi connectivity index (χ0) is 15.9. The summed E-state index contributed by atoms with van der Waals surface area (Å²) < 4.78 is 23.9. The smallest absolute Gasteiger partial charge is 0.323 e. The zero-order valence-electron chi connectivity index (χ0n) is 12.6. The van der Waals surface area contributed by atoms with E-state index in [0.29, 0.717) is 5.56 Å². The quantitative estimate of drug-likeness (QED) is 0.573. The van der Waals surface area contributed by atoms with Gasteiger partial charge in [0.1, 0.15) is 5.82 Å². The van der Waals surface area contributed by atoms with Gasteiger partial charge in [0.05, 0.1) is 13.2 Å². The van der Waals surface area contributed by atoms with Gasteiger partial charge in [0.15, 0.2) is 5.41 Å². The second kappa shape index (κ2) is 7.76. The van der Waals surface area contributed by atoms with Gasteiger partial charge in [-0.05, 0) is 31.9 Å². The number of hydrogen-bond acceptors (Lipinski definition) is 4. The van der Waals surface area contributed by atoms with E-state index >= 15 is 0 Å². The number of carbonyl (C=O) groups is 2. The molecular formula is C16H21FO4. The Morgan fingerprint density at radius 1 is 1.05 bits per heavy atom. The van der Waals surface area contributed by atoms with Gasteiger partial charge < -0.3 is 9.47 Å². The van der Waals surface area contributed by atoms with Crippen LogP contribution < -0.4 is 0 Å². The van der Waals surface area contributed by atoms with Crippen molar-refractivity contribution in [2.75, 3.05) is 13.2 Å². The van der Waals surface area contributed by atoms with Crippen LogP contribution in [0.2, 0.25) is 0 Å². The van der Waals surface area contributed by atoms with E-state index in [2.05, 4.69) is 0 Å². The van der Waals surface area contributed by atoms with Crippen molar-refractivity contribution >= 4 is 11.9 Å². The molecule has 0 saturated carbocycles. The first-order valence-electron chi connectivity index (χ1n) is 7.09. The predicted molar refractivity (Wildman–Crippen MR) is 76.1 cm³/mol. The van der Waals surface area contributed by atoms with Gasteiger partial charge in [-0.2, -0.15) is 0 Å². The Morgan fingerprint density at radius 2 is 1.57 bits per heavy atom. The number of esters is 2. The van der Waals surface area contributed by atoms with Gasteiger partial charge in [0.2, 0.25) is 0 Å². The van der Waals surface area contributed by atoms with E-state index in [-0.39, 0.29) is 26.1 Å². The SMILES string of the molecule is CCOC(=O)C(CC)(Cc1ccccc1F)C(=O)OCC. The van der Waals surface area contributed by atoms with E-state index in [1.54, 1.807) is 39.0 Å². The normalized spacial score (nSPS) is 11.0. The van der Waals surface area contributed by atoms with Crippen molar-refractivity contribution in [2.24, 2.45) is 5.41 Å². The first-order valence-corrected chi connectivity index (χ1v) is 7.09. The minimum Gasteiger partial charge on any atom is -0.465 e. The molecule has 5 heteroatoms. The summed E-state index contributed by atoms with van der Waals surface area (Å²) in [6, 6.07) is 6.07. The topological polar surface area (TPSA) is 52.6 Å². The van der Waals surface area contributed by atoms with E-state index in [0.717, 1.165) is 0 Å². The van der Waals surface area contributed by atoms with Gasteiger partial charge in [0.25, 0.3) is 0 Å². The molecule has 21 heavy (non-hydrogen) atoms. The molecule has 1 rings (SSSR count). The van der Waals surface area contributed by atoms with Crippen LogP contribution >= 0.6 is 0 Å². The molecule has 0 amide bonds. The van der Waals surface area contributed by atoms with Gasteiger partial charge >= 0.3 is 11.9 Å². The maximum absolute atomic E-state index is 13.9. The van der Waals surface area contributed by atoms with Gasteiger partial charge in [-0.3, -0.25) is 9.59 Å². The summed E-state index contributed by atoms with van der Waals surface area (Å²) in [7, 11) is 0. The van der Waals surface area contributed by atoms with E-state index in [9.17, 15) is 14.0 Å². The summed E-state index contributed by atoms with van der Waals surface area (Å²) in [4.78, 5) is 24.6. The molecule has 0 spiro atoms. The molecule has 0 fully saturated rings. The largest absolute Gasteiger partial charge is 0.465 e. The minimum atomic E-state index is -1.51. The highest BCUT2D eigenvalue weighted by atomic mass is 19.1. The Kier molecular flexibility index (Phi) is 6.34. The second-order valence-corrected chi connectivity index (χ2v) is 4.64. The summed E-state index contributed by atoms with van der Waals surface area (Å²) in [5, 5.41) is 0. The van der Waals surface area contributed by atoms with Crippen molar-refractivity contribution in [3.63, 3.8) is 0 Å². The van der Waals surface area contributed by atoms with E-state index in [1.807, 2.05) is 0 Å². The monoisotopic (exact) mass is 296 g/mol. The summed E-state index contributed by atoms with van der Waals surface area (Å²) in [5.74, 6) is -1.80. The van der Waals surface area contributed by atoms with E-state index in [4.69, 9.17) is 9.47 Å². The van der Waals surface area contributed by atoms with Crippen LogP contribution in [0, 0.1) is 11.2 Å². The molecule has 1 aromatic rings. The maximum atomic E-state index is 13.9. The lowest BCUT2D eigenvalue weighted by molar-refractivity contribution is -0.172. The van der Waals surface area contributed by atoms with Gasteiger partial charge in [0, 0.05) is 6.42 Å². The second-order valence-electron chi connectivity index (χ2n) is 4.64. The van der Waals surface area contributed by atoms with Crippen LogP contribution in [-0.4, -0.2) is 25.2 Å². The first kappa shape index (κ1) is 17.1. The molecule has 0 aromatic heterocycles. The molecule has 0 bridgehead atoms. The van der Waals surface area contributed by atoms with E-state index < -0.39 is 23.2 Å². The average Bonchev–Trinajstić information content (AvgIpc) is 2.47. The lowest BCUT2D eigenvalue weighted by Gasteiger charge is -2.28. The first-order chi connectivity index (χ1) is 10.0. The number of benzene rings is 1. The molecule has 0 N–H and O–H groups in total. The standard InChI is InChI=1S/C16H21FO4/c1-4-16(14(18)20-5-2,15(19)21-6-3)11-12-9-7-8-10-13(12)17/h7-10H,4-6,11H2,1-3H3. The Hall–Kier alpha value is -1.91. The molecule has 0 atom stereocenters. The third kappa shape index (κ3) is 3.80. The van der Waals surface area contributed by atoms with Crippen LogP contribution in [0.3, 0.4) is 0 Å². The number of carbonyl (C=O) groups excluding carboxylic acids is 2. The van der Waals surface area contributed by atoms with Crippen molar-refractivity contribution in [3.05, 3.63) is 35.6 Å². The van der Waals surface area contributed by atoms with Crippen LogP contribution in [-0.2, 0) is 25.5 Å². The molecule has 0 radical (unpaired) electrons. The number of rotatable bonds is 7. The highest BCUT2D eigenvalue weighted by molar-refractivity contribution is 6.00.